The Morgan fingerprint density at radius 1 is 1.53 bits per heavy atom. The van der Waals surface area contributed by atoms with Gasteiger partial charge in [0.05, 0.1) is 10.6 Å². The van der Waals surface area contributed by atoms with Crippen LogP contribution in [0.4, 0.5) is 5.69 Å². The molecule has 1 aromatic rings. The molecule has 1 atom stereocenters. The van der Waals surface area contributed by atoms with Crippen LogP contribution in [-0.4, -0.2) is 16.5 Å². The molecule has 0 aromatic heterocycles. The molecule has 1 N–H and O–H groups in total. The third-order valence-electron chi connectivity index (χ3n) is 2.61. The highest BCUT2D eigenvalue weighted by Crippen LogP contribution is 2.20. The third kappa shape index (κ3) is 2.30. The molecule has 0 aliphatic carbocycles. The molecule has 6 heteroatoms. The Labute approximate surface area is 97.5 Å². The fourth-order valence-corrected chi connectivity index (χ4v) is 1.78. The first-order valence-corrected chi connectivity index (χ1v) is 5.19. The fraction of sp³-hybridized carbons (Fsp3) is 0.273. The number of non-ortho nitro benzene ring substituents is 1. The number of benzene rings is 1. The van der Waals surface area contributed by atoms with E-state index in [1.165, 1.54) is 12.1 Å². The van der Waals surface area contributed by atoms with Crippen LogP contribution < -0.4 is 5.43 Å². The molecule has 1 aliphatic heterocycles. The van der Waals surface area contributed by atoms with E-state index in [1.54, 1.807) is 12.1 Å². The van der Waals surface area contributed by atoms with Gasteiger partial charge in [0.1, 0.15) is 0 Å². The van der Waals surface area contributed by atoms with Crippen molar-refractivity contribution in [2.45, 2.75) is 13.3 Å². The number of nitrogens with one attached hydrogen (secondary N) is 1. The Morgan fingerprint density at radius 3 is 2.94 bits per heavy atom. The van der Waals surface area contributed by atoms with E-state index >= 15 is 0 Å². The van der Waals surface area contributed by atoms with E-state index in [9.17, 15) is 14.9 Å². The lowest BCUT2D eigenvalue weighted by molar-refractivity contribution is -0.384. The van der Waals surface area contributed by atoms with Gasteiger partial charge in [-0.15, -0.1) is 0 Å². The molecule has 1 heterocycles. The van der Waals surface area contributed by atoms with Gasteiger partial charge in [-0.2, -0.15) is 5.10 Å². The summed E-state index contributed by atoms with van der Waals surface area (Å²) in [6.45, 7) is 1.87. The lowest BCUT2D eigenvalue weighted by atomic mass is 9.94. The van der Waals surface area contributed by atoms with Crippen LogP contribution in [0.15, 0.2) is 29.4 Å². The topological polar surface area (TPSA) is 84.6 Å². The van der Waals surface area contributed by atoms with E-state index in [4.69, 9.17) is 0 Å². The molecule has 1 aliphatic rings. The highest BCUT2D eigenvalue weighted by molar-refractivity contribution is 6.06. The zero-order valence-electron chi connectivity index (χ0n) is 9.21. The van der Waals surface area contributed by atoms with E-state index < -0.39 is 4.92 Å². The average Bonchev–Trinajstić information content (AvgIpc) is 2.29. The number of hydrogen-bond donors (Lipinski definition) is 1. The first kappa shape index (κ1) is 11.3. The summed E-state index contributed by atoms with van der Waals surface area (Å²) in [4.78, 5) is 21.3. The fourth-order valence-electron chi connectivity index (χ4n) is 1.78. The van der Waals surface area contributed by atoms with Crippen molar-refractivity contribution in [3.05, 3.63) is 39.9 Å². The first-order chi connectivity index (χ1) is 8.08. The minimum atomic E-state index is -0.448. The van der Waals surface area contributed by atoms with Crippen molar-refractivity contribution in [2.24, 2.45) is 11.0 Å². The normalized spacial score (nSPS) is 19.5. The maximum Gasteiger partial charge on any atom is 0.270 e. The monoisotopic (exact) mass is 233 g/mol. The number of amides is 1. The Balaban J connectivity index is 2.37. The minimum Gasteiger partial charge on any atom is -0.273 e. The molecule has 0 fully saturated rings. The second-order valence-corrected chi connectivity index (χ2v) is 3.94. The van der Waals surface area contributed by atoms with E-state index in [0.29, 0.717) is 17.7 Å². The SMILES string of the molecule is CC1CC(=O)NN=C1c1cccc([N+](=O)[O-])c1. The molecule has 17 heavy (non-hydrogen) atoms. The van der Waals surface area contributed by atoms with Gasteiger partial charge in [-0.05, 0) is 0 Å². The summed E-state index contributed by atoms with van der Waals surface area (Å²) in [6, 6.07) is 6.25. The number of carbonyl (C=O) groups excluding carboxylic acids is 1. The van der Waals surface area contributed by atoms with Gasteiger partial charge in [0.15, 0.2) is 0 Å². The summed E-state index contributed by atoms with van der Waals surface area (Å²) < 4.78 is 0. The molecule has 0 saturated carbocycles. The summed E-state index contributed by atoms with van der Waals surface area (Å²) in [6.07, 6.45) is 0.349. The van der Waals surface area contributed by atoms with Gasteiger partial charge in [0.25, 0.3) is 5.69 Å². The van der Waals surface area contributed by atoms with Crippen molar-refractivity contribution in [3.63, 3.8) is 0 Å². The number of hydrogen-bond acceptors (Lipinski definition) is 4. The molecule has 88 valence electrons. The number of hydrazone groups is 1. The second-order valence-electron chi connectivity index (χ2n) is 3.94. The highest BCUT2D eigenvalue weighted by Gasteiger charge is 2.22. The van der Waals surface area contributed by atoms with Crippen molar-refractivity contribution in [1.29, 1.82) is 0 Å². The van der Waals surface area contributed by atoms with Crippen LogP contribution in [0.5, 0.6) is 0 Å². The van der Waals surface area contributed by atoms with Gasteiger partial charge in [-0.3, -0.25) is 14.9 Å². The van der Waals surface area contributed by atoms with Crippen LogP contribution in [0.1, 0.15) is 18.9 Å². The number of rotatable bonds is 2. The summed E-state index contributed by atoms with van der Waals surface area (Å²) in [5, 5.41) is 14.6. The van der Waals surface area contributed by atoms with Crippen LogP contribution in [0.2, 0.25) is 0 Å². The molecule has 6 nitrogen and oxygen atoms in total. The van der Waals surface area contributed by atoms with E-state index in [0.717, 1.165) is 0 Å². The zero-order chi connectivity index (χ0) is 12.4. The minimum absolute atomic E-state index is 0.0225. The van der Waals surface area contributed by atoms with Gasteiger partial charge in [0.2, 0.25) is 5.91 Å². The molecular weight excluding hydrogens is 222 g/mol. The Hall–Kier alpha value is -2.24. The van der Waals surface area contributed by atoms with Crippen LogP contribution >= 0.6 is 0 Å². The van der Waals surface area contributed by atoms with Crippen LogP contribution in [0.3, 0.4) is 0 Å². The summed E-state index contributed by atoms with van der Waals surface area (Å²) in [7, 11) is 0. The van der Waals surface area contributed by atoms with Crippen LogP contribution in [-0.2, 0) is 4.79 Å². The Kier molecular flexibility index (Phi) is 2.86. The molecular formula is C11H11N3O3. The summed E-state index contributed by atoms with van der Waals surface area (Å²) >= 11 is 0. The number of nitro benzene ring substituents is 1. The molecule has 0 saturated heterocycles. The zero-order valence-corrected chi connectivity index (χ0v) is 9.21. The molecule has 0 radical (unpaired) electrons. The lowest BCUT2D eigenvalue weighted by Crippen LogP contribution is -2.31. The first-order valence-electron chi connectivity index (χ1n) is 5.19. The average molecular weight is 233 g/mol. The van der Waals surface area contributed by atoms with Gasteiger partial charge in [-0.1, -0.05) is 19.1 Å². The van der Waals surface area contributed by atoms with Crippen LogP contribution in [0, 0.1) is 16.0 Å². The largest absolute Gasteiger partial charge is 0.273 e. The van der Waals surface area contributed by atoms with Crippen molar-refractivity contribution >= 4 is 17.3 Å². The van der Waals surface area contributed by atoms with E-state index in [2.05, 4.69) is 10.5 Å². The highest BCUT2D eigenvalue weighted by atomic mass is 16.6. The number of nitrogens with zero attached hydrogens (tertiary/aromatic N) is 2. The summed E-state index contributed by atoms with van der Waals surface area (Å²) in [5.74, 6) is -0.169. The molecule has 0 bridgehead atoms. The Bertz CT molecular complexity index is 510. The van der Waals surface area contributed by atoms with Gasteiger partial charge >= 0.3 is 0 Å². The maximum absolute atomic E-state index is 11.1. The number of carbonyl (C=O) groups is 1. The van der Waals surface area contributed by atoms with Crippen molar-refractivity contribution in [3.8, 4) is 0 Å². The predicted molar refractivity (Wildman–Crippen MR) is 61.6 cm³/mol. The smallest absolute Gasteiger partial charge is 0.270 e. The van der Waals surface area contributed by atoms with E-state index in [-0.39, 0.29) is 17.5 Å². The van der Waals surface area contributed by atoms with Gasteiger partial charge < -0.3 is 0 Å². The Morgan fingerprint density at radius 2 is 2.29 bits per heavy atom. The lowest BCUT2D eigenvalue weighted by Gasteiger charge is -2.18. The van der Waals surface area contributed by atoms with Gasteiger partial charge in [-0.25, -0.2) is 5.43 Å². The maximum atomic E-state index is 11.1. The molecule has 2 rings (SSSR count). The number of nitro groups is 1. The van der Waals surface area contributed by atoms with Crippen molar-refractivity contribution < 1.29 is 9.72 Å². The standard InChI is InChI=1S/C11H11N3O3/c1-7-5-10(15)12-13-11(7)8-3-2-4-9(6-8)14(16)17/h2-4,6-7H,5H2,1H3,(H,12,15). The summed E-state index contributed by atoms with van der Waals surface area (Å²) in [5.41, 5.74) is 3.76. The van der Waals surface area contributed by atoms with Crippen LogP contribution in [0.25, 0.3) is 0 Å². The van der Waals surface area contributed by atoms with Gasteiger partial charge in [0, 0.05) is 30.0 Å². The molecule has 1 amide bonds. The molecule has 0 spiro atoms. The molecule has 1 unspecified atom stereocenters. The van der Waals surface area contributed by atoms with E-state index in [1.807, 2.05) is 6.92 Å². The predicted octanol–water partition coefficient (Wildman–Crippen LogP) is 1.45. The third-order valence-corrected chi connectivity index (χ3v) is 2.61. The quantitative estimate of drug-likeness (QED) is 0.619. The molecule has 1 aromatic carbocycles. The van der Waals surface area contributed by atoms with Crippen molar-refractivity contribution in [1.82, 2.24) is 5.43 Å². The van der Waals surface area contributed by atoms with Crippen molar-refractivity contribution in [2.75, 3.05) is 0 Å². The second kappa shape index (κ2) is 4.32.